The number of fused-ring (bicyclic) bond motifs is 2. The van der Waals surface area contributed by atoms with Crippen LogP contribution < -0.4 is 5.32 Å². The van der Waals surface area contributed by atoms with E-state index in [-0.39, 0.29) is 0 Å². The van der Waals surface area contributed by atoms with Gasteiger partial charge in [-0.2, -0.15) is 0 Å². The zero-order valence-corrected chi connectivity index (χ0v) is 13.9. The van der Waals surface area contributed by atoms with Gasteiger partial charge in [0.15, 0.2) is 0 Å². The van der Waals surface area contributed by atoms with Crippen LogP contribution in [0.25, 0.3) is 21.5 Å². The van der Waals surface area contributed by atoms with Crippen molar-refractivity contribution in [3.05, 3.63) is 96.1 Å². The van der Waals surface area contributed by atoms with Crippen LogP contribution in [-0.4, -0.2) is 0 Å². The van der Waals surface area contributed by atoms with E-state index in [0.717, 1.165) is 6.54 Å². The van der Waals surface area contributed by atoms with E-state index in [1.807, 2.05) is 0 Å². The number of rotatable bonds is 4. The standard InChI is InChI=1S/C23H21N/c1-17(22-12-6-10-20-8-4-5-11-23(20)22)24-16-18-13-14-19-7-2-3-9-21(19)15-18/h2-15,17,24H,16H2,1H3/t17-/m1/s1. The molecule has 0 saturated carbocycles. The smallest absolute Gasteiger partial charge is 0.0301 e. The fraction of sp³-hybridized carbons (Fsp3) is 0.130. The van der Waals surface area contributed by atoms with Gasteiger partial charge >= 0.3 is 0 Å². The van der Waals surface area contributed by atoms with Crippen LogP contribution in [0.3, 0.4) is 0 Å². The highest BCUT2D eigenvalue weighted by Crippen LogP contribution is 2.24. The Bertz CT molecular complexity index is 982. The topological polar surface area (TPSA) is 12.0 Å². The first-order chi connectivity index (χ1) is 11.8. The number of nitrogens with one attached hydrogen (secondary N) is 1. The zero-order valence-electron chi connectivity index (χ0n) is 13.9. The lowest BCUT2D eigenvalue weighted by atomic mass is 9.99. The number of hydrogen-bond donors (Lipinski definition) is 1. The van der Waals surface area contributed by atoms with E-state index in [2.05, 4.69) is 97.2 Å². The molecule has 0 radical (unpaired) electrons. The average molecular weight is 311 g/mol. The minimum Gasteiger partial charge on any atom is -0.306 e. The maximum Gasteiger partial charge on any atom is 0.0301 e. The van der Waals surface area contributed by atoms with Gasteiger partial charge in [0.25, 0.3) is 0 Å². The molecule has 118 valence electrons. The van der Waals surface area contributed by atoms with Gasteiger partial charge in [-0.3, -0.25) is 0 Å². The average Bonchev–Trinajstić information content (AvgIpc) is 2.65. The predicted octanol–water partition coefficient (Wildman–Crippen LogP) is 5.84. The molecule has 0 fully saturated rings. The highest BCUT2D eigenvalue weighted by Gasteiger charge is 2.08. The molecule has 1 heteroatoms. The van der Waals surface area contributed by atoms with Gasteiger partial charge in [0.2, 0.25) is 0 Å². The molecule has 4 aromatic rings. The molecule has 0 bridgehead atoms. The lowest BCUT2D eigenvalue weighted by Crippen LogP contribution is -2.18. The van der Waals surface area contributed by atoms with E-state index in [1.165, 1.54) is 32.7 Å². The molecule has 1 N–H and O–H groups in total. The Morgan fingerprint density at radius 1 is 0.708 bits per heavy atom. The molecule has 4 rings (SSSR count). The Hall–Kier alpha value is -2.64. The van der Waals surface area contributed by atoms with E-state index in [9.17, 15) is 0 Å². The predicted molar refractivity (Wildman–Crippen MR) is 103 cm³/mol. The Morgan fingerprint density at radius 2 is 1.42 bits per heavy atom. The van der Waals surface area contributed by atoms with Crippen LogP contribution >= 0.6 is 0 Å². The van der Waals surface area contributed by atoms with Crippen molar-refractivity contribution in [2.75, 3.05) is 0 Å². The summed E-state index contributed by atoms with van der Waals surface area (Å²) in [7, 11) is 0. The summed E-state index contributed by atoms with van der Waals surface area (Å²) >= 11 is 0. The van der Waals surface area contributed by atoms with Gasteiger partial charge in [-0.1, -0.05) is 78.9 Å². The second-order valence-corrected chi connectivity index (χ2v) is 6.35. The van der Waals surface area contributed by atoms with Crippen LogP contribution in [0.5, 0.6) is 0 Å². The van der Waals surface area contributed by atoms with E-state index in [0.29, 0.717) is 6.04 Å². The molecule has 0 aromatic heterocycles. The van der Waals surface area contributed by atoms with Crippen LogP contribution in [0.2, 0.25) is 0 Å². The Balaban J connectivity index is 1.55. The van der Waals surface area contributed by atoms with Crippen molar-refractivity contribution in [1.29, 1.82) is 0 Å². The first-order valence-electron chi connectivity index (χ1n) is 8.50. The van der Waals surface area contributed by atoms with Crippen molar-refractivity contribution < 1.29 is 0 Å². The molecule has 0 heterocycles. The van der Waals surface area contributed by atoms with Crippen molar-refractivity contribution >= 4 is 21.5 Å². The highest BCUT2D eigenvalue weighted by molar-refractivity contribution is 5.86. The number of benzene rings is 4. The third-order valence-electron chi connectivity index (χ3n) is 4.72. The molecule has 1 nitrogen and oxygen atoms in total. The third kappa shape index (κ3) is 2.91. The molecule has 24 heavy (non-hydrogen) atoms. The summed E-state index contributed by atoms with van der Waals surface area (Å²) in [5, 5.41) is 8.90. The van der Waals surface area contributed by atoms with Gasteiger partial charge in [0.1, 0.15) is 0 Å². The van der Waals surface area contributed by atoms with Gasteiger partial charge in [-0.25, -0.2) is 0 Å². The monoisotopic (exact) mass is 311 g/mol. The summed E-state index contributed by atoms with van der Waals surface area (Å²) in [4.78, 5) is 0. The Kier molecular flexibility index (Phi) is 4.02. The normalized spacial score (nSPS) is 12.5. The maximum atomic E-state index is 3.67. The first-order valence-corrected chi connectivity index (χ1v) is 8.50. The summed E-state index contributed by atoms with van der Waals surface area (Å²) in [6.45, 7) is 3.11. The van der Waals surface area contributed by atoms with Gasteiger partial charge in [-0.15, -0.1) is 0 Å². The van der Waals surface area contributed by atoms with Gasteiger partial charge in [0.05, 0.1) is 0 Å². The lowest BCUT2D eigenvalue weighted by molar-refractivity contribution is 0.578. The molecule has 0 unspecified atom stereocenters. The number of hydrogen-bond acceptors (Lipinski definition) is 1. The van der Waals surface area contributed by atoms with Gasteiger partial charge < -0.3 is 5.32 Å². The van der Waals surface area contributed by atoms with E-state index < -0.39 is 0 Å². The van der Waals surface area contributed by atoms with Crippen LogP contribution in [-0.2, 0) is 6.54 Å². The van der Waals surface area contributed by atoms with Gasteiger partial charge in [0, 0.05) is 12.6 Å². The molecule has 4 aromatic carbocycles. The largest absolute Gasteiger partial charge is 0.306 e. The molecule has 0 spiro atoms. The minimum atomic E-state index is 0.308. The fourth-order valence-electron chi connectivity index (χ4n) is 3.36. The van der Waals surface area contributed by atoms with E-state index >= 15 is 0 Å². The SMILES string of the molecule is C[C@@H](NCc1ccc2ccccc2c1)c1cccc2ccccc12. The van der Waals surface area contributed by atoms with Crippen LogP contribution in [0.1, 0.15) is 24.1 Å². The summed E-state index contributed by atoms with van der Waals surface area (Å²) in [5.41, 5.74) is 2.68. The minimum absolute atomic E-state index is 0.308. The fourth-order valence-corrected chi connectivity index (χ4v) is 3.36. The summed E-state index contributed by atoms with van der Waals surface area (Å²) < 4.78 is 0. The van der Waals surface area contributed by atoms with Crippen LogP contribution in [0.15, 0.2) is 84.9 Å². The Labute approximate surface area is 142 Å². The van der Waals surface area contributed by atoms with Crippen LogP contribution in [0.4, 0.5) is 0 Å². The second kappa shape index (κ2) is 6.46. The lowest BCUT2D eigenvalue weighted by Gasteiger charge is -2.17. The van der Waals surface area contributed by atoms with E-state index in [4.69, 9.17) is 0 Å². The molecule has 0 amide bonds. The van der Waals surface area contributed by atoms with Crippen molar-refractivity contribution in [2.24, 2.45) is 0 Å². The molecular formula is C23H21N. The van der Waals surface area contributed by atoms with Crippen LogP contribution in [0, 0.1) is 0 Å². The zero-order chi connectivity index (χ0) is 16.4. The highest BCUT2D eigenvalue weighted by atomic mass is 14.9. The maximum absolute atomic E-state index is 3.67. The molecule has 0 aliphatic heterocycles. The van der Waals surface area contributed by atoms with Crippen molar-refractivity contribution in [1.82, 2.24) is 5.32 Å². The summed E-state index contributed by atoms with van der Waals surface area (Å²) in [6.07, 6.45) is 0. The first kappa shape index (κ1) is 14.9. The third-order valence-corrected chi connectivity index (χ3v) is 4.72. The Morgan fingerprint density at radius 3 is 2.29 bits per heavy atom. The van der Waals surface area contributed by atoms with Crippen molar-refractivity contribution in [2.45, 2.75) is 19.5 Å². The van der Waals surface area contributed by atoms with Crippen molar-refractivity contribution in [3.8, 4) is 0 Å². The second-order valence-electron chi connectivity index (χ2n) is 6.35. The van der Waals surface area contributed by atoms with Gasteiger partial charge in [-0.05, 0) is 45.7 Å². The molecule has 1 atom stereocenters. The molecule has 0 saturated heterocycles. The van der Waals surface area contributed by atoms with E-state index in [1.54, 1.807) is 0 Å². The molecule has 0 aliphatic carbocycles. The van der Waals surface area contributed by atoms with Crippen molar-refractivity contribution in [3.63, 3.8) is 0 Å². The summed E-state index contributed by atoms with van der Waals surface area (Å²) in [6, 6.07) is 30.6. The summed E-state index contributed by atoms with van der Waals surface area (Å²) in [5.74, 6) is 0. The quantitative estimate of drug-likeness (QED) is 0.499. The molecular weight excluding hydrogens is 290 g/mol. The molecule has 0 aliphatic rings.